The Morgan fingerprint density at radius 1 is 1.32 bits per heavy atom. The largest absolute Gasteiger partial charge is 0.251 e. The van der Waals surface area contributed by atoms with Gasteiger partial charge in [-0.1, -0.05) is 17.7 Å². The maximum Gasteiger partial charge on any atom is 0.240 e. The SMILES string of the molecule is Cc1ccc(S(=O)(=O)N[C@H](C)Cn2cncn2)cc1. The van der Waals surface area contributed by atoms with Gasteiger partial charge in [0, 0.05) is 6.04 Å². The number of nitrogens with one attached hydrogen (secondary N) is 1. The van der Waals surface area contributed by atoms with Crippen molar-refractivity contribution in [1.82, 2.24) is 19.5 Å². The number of aryl methyl sites for hydroxylation is 1. The van der Waals surface area contributed by atoms with Crippen molar-refractivity contribution in [3.63, 3.8) is 0 Å². The van der Waals surface area contributed by atoms with E-state index in [2.05, 4.69) is 14.8 Å². The van der Waals surface area contributed by atoms with E-state index in [9.17, 15) is 8.42 Å². The molecule has 1 heterocycles. The smallest absolute Gasteiger partial charge is 0.240 e. The Labute approximate surface area is 112 Å². The van der Waals surface area contributed by atoms with Gasteiger partial charge in [-0.25, -0.2) is 18.1 Å². The van der Waals surface area contributed by atoms with Crippen molar-refractivity contribution in [2.45, 2.75) is 31.3 Å². The van der Waals surface area contributed by atoms with E-state index in [4.69, 9.17) is 0 Å². The van der Waals surface area contributed by atoms with Crippen molar-refractivity contribution in [3.05, 3.63) is 42.5 Å². The van der Waals surface area contributed by atoms with Gasteiger partial charge in [0.1, 0.15) is 12.7 Å². The molecule has 19 heavy (non-hydrogen) atoms. The molecule has 0 radical (unpaired) electrons. The average molecular weight is 280 g/mol. The molecule has 0 bridgehead atoms. The topological polar surface area (TPSA) is 76.9 Å². The summed E-state index contributed by atoms with van der Waals surface area (Å²) in [4.78, 5) is 4.08. The van der Waals surface area contributed by atoms with Gasteiger partial charge in [0.05, 0.1) is 11.4 Å². The molecule has 0 aliphatic rings. The molecule has 6 nitrogen and oxygen atoms in total. The van der Waals surface area contributed by atoms with Gasteiger partial charge >= 0.3 is 0 Å². The summed E-state index contributed by atoms with van der Waals surface area (Å²) < 4.78 is 28.5. The van der Waals surface area contributed by atoms with Crippen LogP contribution in [0.1, 0.15) is 12.5 Å². The zero-order valence-electron chi connectivity index (χ0n) is 10.8. The van der Waals surface area contributed by atoms with Crippen LogP contribution in [0, 0.1) is 6.92 Å². The van der Waals surface area contributed by atoms with Crippen molar-refractivity contribution in [3.8, 4) is 0 Å². The molecule has 1 N–H and O–H groups in total. The second-order valence-electron chi connectivity index (χ2n) is 4.45. The number of hydrogen-bond acceptors (Lipinski definition) is 4. The summed E-state index contributed by atoms with van der Waals surface area (Å²) in [6.45, 7) is 4.13. The summed E-state index contributed by atoms with van der Waals surface area (Å²) >= 11 is 0. The van der Waals surface area contributed by atoms with Crippen molar-refractivity contribution < 1.29 is 8.42 Å². The number of benzene rings is 1. The third kappa shape index (κ3) is 3.62. The summed E-state index contributed by atoms with van der Waals surface area (Å²) in [6.07, 6.45) is 2.97. The van der Waals surface area contributed by atoms with Crippen LogP contribution in [0.15, 0.2) is 41.8 Å². The Morgan fingerprint density at radius 2 is 2.00 bits per heavy atom. The van der Waals surface area contributed by atoms with Crippen LogP contribution < -0.4 is 4.72 Å². The van der Waals surface area contributed by atoms with E-state index >= 15 is 0 Å². The van der Waals surface area contributed by atoms with Crippen LogP contribution in [0.25, 0.3) is 0 Å². The molecule has 2 rings (SSSR count). The molecule has 2 aromatic rings. The molecule has 0 spiro atoms. The first kappa shape index (κ1) is 13.7. The fourth-order valence-corrected chi connectivity index (χ4v) is 2.93. The molecule has 0 fully saturated rings. The molecule has 0 saturated carbocycles. The van der Waals surface area contributed by atoms with Crippen molar-refractivity contribution in [1.29, 1.82) is 0 Å². The van der Waals surface area contributed by atoms with E-state index in [0.717, 1.165) is 5.56 Å². The quantitative estimate of drug-likeness (QED) is 0.884. The lowest BCUT2D eigenvalue weighted by molar-refractivity contribution is 0.493. The second-order valence-corrected chi connectivity index (χ2v) is 6.17. The zero-order chi connectivity index (χ0) is 13.9. The maximum absolute atomic E-state index is 12.1. The Bertz CT molecular complexity index is 620. The van der Waals surface area contributed by atoms with Crippen LogP contribution >= 0.6 is 0 Å². The predicted octanol–water partition coefficient (Wildman–Crippen LogP) is 0.954. The minimum Gasteiger partial charge on any atom is -0.251 e. The average Bonchev–Trinajstić information content (AvgIpc) is 2.81. The molecule has 0 amide bonds. The molecule has 1 aromatic heterocycles. The summed E-state index contributed by atoms with van der Waals surface area (Å²) in [5.41, 5.74) is 1.02. The molecule has 0 aliphatic heterocycles. The lowest BCUT2D eigenvalue weighted by Gasteiger charge is -2.14. The van der Waals surface area contributed by atoms with Gasteiger partial charge in [0.25, 0.3) is 0 Å². The van der Waals surface area contributed by atoms with Crippen molar-refractivity contribution in [2.24, 2.45) is 0 Å². The summed E-state index contributed by atoms with van der Waals surface area (Å²) in [5, 5.41) is 3.94. The lowest BCUT2D eigenvalue weighted by atomic mass is 10.2. The van der Waals surface area contributed by atoms with Gasteiger partial charge in [-0.05, 0) is 26.0 Å². The summed E-state index contributed by atoms with van der Waals surface area (Å²) in [5.74, 6) is 0. The van der Waals surface area contributed by atoms with E-state index in [1.54, 1.807) is 42.2 Å². The fourth-order valence-electron chi connectivity index (χ4n) is 1.70. The highest BCUT2D eigenvalue weighted by molar-refractivity contribution is 7.89. The van der Waals surface area contributed by atoms with Gasteiger partial charge < -0.3 is 0 Å². The van der Waals surface area contributed by atoms with Crippen LogP contribution in [-0.2, 0) is 16.6 Å². The van der Waals surface area contributed by atoms with Crippen LogP contribution in [0.4, 0.5) is 0 Å². The molecular weight excluding hydrogens is 264 g/mol. The first-order valence-corrected chi connectivity index (χ1v) is 7.37. The third-order valence-corrected chi connectivity index (χ3v) is 4.22. The molecule has 1 aromatic carbocycles. The molecule has 0 aliphatic carbocycles. The van der Waals surface area contributed by atoms with Crippen molar-refractivity contribution in [2.75, 3.05) is 0 Å². The van der Waals surface area contributed by atoms with E-state index in [1.807, 2.05) is 6.92 Å². The Morgan fingerprint density at radius 3 is 2.58 bits per heavy atom. The van der Waals surface area contributed by atoms with Gasteiger partial charge in [-0.2, -0.15) is 5.10 Å². The van der Waals surface area contributed by atoms with Crippen LogP contribution in [0.3, 0.4) is 0 Å². The number of rotatable bonds is 5. The third-order valence-electron chi connectivity index (χ3n) is 2.62. The predicted molar refractivity (Wildman–Crippen MR) is 71.0 cm³/mol. The summed E-state index contributed by atoms with van der Waals surface area (Å²) in [7, 11) is -3.49. The van der Waals surface area contributed by atoms with Gasteiger partial charge in [-0.15, -0.1) is 0 Å². The normalized spacial score (nSPS) is 13.4. The van der Waals surface area contributed by atoms with Gasteiger partial charge in [0.2, 0.25) is 10.0 Å². The minimum absolute atomic E-state index is 0.267. The molecule has 102 valence electrons. The van der Waals surface area contributed by atoms with Gasteiger partial charge in [-0.3, -0.25) is 4.68 Å². The van der Waals surface area contributed by atoms with E-state index < -0.39 is 10.0 Å². The molecule has 7 heteroatoms. The number of sulfonamides is 1. The highest BCUT2D eigenvalue weighted by Gasteiger charge is 2.17. The van der Waals surface area contributed by atoms with Crippen LogP contribution in [0.2, 0.25) is 0 Å². The minimum atomic E-state index is -3.49. The van der Waals surface area contributed by atoms with E-state index in [0.29, 0.717) is 6.54 Å². The maximum atomic E-state index is 12.1. The number of hydrogen-bond donors (Lipinski definition) is 1. The molecule has 1 atom stereocenters. The monoisotopic (exact) mass is 280 g/mol. The Balaban J connectivity index is 2.06. The van der Waals surface area contributed by atoms with Crippen LogP contribution in [0.5, 0.6) is 0 Å². The molecular formula is C12H16N4O2S. The Hall–Kier alpha value is -1.73. The zero-order valence-corrected chi connectivity index (χ0v) is 11.6. The highest BCUT2D eigenvalue weighted by atomic mass is 32.2. The first-order valence-electron chi connectivity index (χ1n) is 5.89. The first-order chi connectivity index (χ1) is 8.97. The standard InChI is InChI=1S/C12H16N4O2S/c1-10-3-5-12(6-4-10)19(17,18)15-11(2)7-16-9-13-8-14-16/h3-6,8-9,11,15H,7H2,1-2H3/t11-/m1/s1. The lowest BCUT2D eigenvalue weighted by Crippen LogP contribution is -2.35. The van der Waals surface area contributed by atoms with E-state index in [1.165, 1.54) is 6.33 Å². The number of aromatic nitrogens is 3. The van der Waals surface area contributed by atoms with Crippen LogP contribution in [-0.4, -0.2) is 29.2 Å². The fraction of sp³-hybridized carbons (Fsp3) is 0.333. The van der Waals surface area contributed by atoms with Gasteiger partial charge in [0.15, 0.2) is 0 Å². The van der Waals surface area contributed by atoms with E-state index in [-0.39, 0.29) is 10.9 Å². The molecule has 0 unspecified atom stereocenters. The summed E-state index contributed by atoms with van der Waals surface area (Å²) in [6, 6.07) is 6.47. The van der Waals surface area contributed by atoms with Crippen molar-refractivity contribution >= 4 is 10.0 Å². The second kappa shape index (κ2) is 5.50. The number of nitrogens with zero attached hydrogens (tertiary/aromatic N) is 3. The highest BCUT2D eigenvalue weighted by Crippen LogP contribution is 2.10. The Kier molecular flexibility index (Phi) is 3.96. The molecule has 0 saturated heterocycles.